The molecule has 1 fully saturated rings. The Kier molecular flexibility index (Phi) is 2.46. The smallest absolute Gasteiger partial charge is 0.102 e. The van der Waals surface area contributed by atoms with Gasteiger partial charge in [-0.25, -0.2) is 4.39 Å². The molecule has 0 aromatic rings. The topological polar surface area (TPSA) is 12.0 Å². The highest BCUT2D eigenvalue weighted by Gasteiger charge is 2.19. The number of halogens is 1. The molecule has 0 aliphatic heterocycles. The lowest BCUT2D eigenvalue weighted by atomic mass is 9.94. The van der Waals surface area contributed by atoms with Gasteiger partial charge in [0.1, 0.15) is 6.17 Å². The summed E-state index contributed by atoms with van der Waals surface area (Å²) in [5, 5.41) is 3.09. The van der Waals surface area contributed by atoms with Crippen molar-refractivity contribution in [3.8, 4) is 0 Å². The maximum atomic E-state index is 12.6. The van der Waals surface area contributed by atoms with E-state index in [2.05, 4.69) is 5.32 Å². The lowest BCUT2D eigenvalue weighted by Crippen LogP contribution is -2.31. The summed E-state index contributed by atoms with van der Waals surface area (Å²) in [5.74, 6) is 0. The summed E-state index contributed by atoms with van der Waals surface area (Å²) in [7, 11) is 1.91. The second-order valence-electron chi connectivity index (χ2n) is 2.75. The Bertz CT molecular complexity index is 85.0. The van der Waals surface area contributed by atoms with Gasteiger partial charge in [-0.1, -0.05) is 0 Å². The second kappa shape index (κ2) is 3.16. The lowest BCUT2D eigenvalue weighted by Gasteiger charge is -2.23. The molecule has 1 aliphatic rings. The van der Waals surface area contributed by atoms with Gasteiger partial charge in [0, 0.05) is 6.04 Å². The van der Waals surface area contributed by atoms with Gasteiger partial charge in [0.15, 0.2) is 0 Å². The van der Waals surface area contributed by atoms with Gasteiger partial charge >= 0.3 is 0 Å². The molecule has 1 aliphatic carbocycles. The van der Waals surface area contributed by atoms with Crippen LogP contribution < -0.4 is 5.32 Å². The van der Waals surface area contributed by atoms with Gasteiger partial charge in [-0.15, -0.1) is 0 Å². The first-order valence-corrected chi connectivity index (χ1v) is 3.64. The molecule has 2 heteroatoms. The predicted octanol–water partition coefficient (Wildman–Crippen LogP) is 1.49. The molecule has 1 N–H and O–H groups in total. The van der Waals surface area contributed by atoms with Gasteiger partial charge in [-0.05, 0) is 32.7 Å². The Labute approximate surface area is 55.6 Å². The maximum absolute atomic E-state index is 12.6. The third kappa shape index (κ3) is 1.94. The van der Waals surface area contributed by atoms with Crippen molar-refractivity contribution in [3.05, 3.63) is 0 Å². The van der Waals surface area contributed by atoms with Crippen LogP contribution in [0.4, 0.5) is 4.39 Å². The Morgan fingerprint density at radius 2 is 2.22 bits per heavy atom. The van der Waals surface area contributed by atoms with E-state index in [4.69, 9.17) is 0 Å². The molecule has 0 aromatic heterocycles. The van der Waals surface area contributed by atoms with E-state index in [-0.39, 0.29) is 0 Å². The van der Waals surface area contributed by atoms with Crippen LogP contribution in [0.5, 0.6) is 0 Å². The molecular weight excluding hydrogens is 117 g/mol. The average Bonchev–Trinajstić information content (AvgIpc) is 1.88. The van der Waals surface area contributed by atoms with E-state index < -0.39 is 6.17 Å². The largest absolute Gasteiger partial charge is 0.317 e. The van der Waals surface area contributed by atoms with E-state index in [1.807, 2.05) is 7.05 Å². The number of nitrogens with one attached hydrogen (secondary N) is 1. The van der Waals surface area contributed by atoms with Crippen molar-refractivity contribution in [3.63, 3.8) is 0 Å². The van der Waals surface area contributed by atoms with E-state index in [0.29, 0.717) is 6.04 Å². The van der Waals surface area contributed by atoms with Crippen LogP contribution in [0.25, 0.3) is 0 Å². The zero-order valence-corrected chi connectivity index (χ0v) is 5.86. The molecular formula is C7H14FN. The monoisotopic (exact) mass is 131 g/mol. The Morgan fingerprint density at radius 3 is 2.67 bits per heavy atom. The fourth-order valence-electron chi connectivity index (χ4n) is 1.39. The van der Waals surface area contributed by atoms with Crippen LogP contribution in [0.2, 0.25) is 0 Å². The molecule has 0 spiro atoms. The molecule has 2 atom stereocenters. The number of alkyl halides is 1. The van der Waals surface area contributed by atoms with E-state index in [9.17, 15) is 4.39 Å². The summed E-state index contributed by atoms with van der Waals surface area (Å²) in [4.78, 5) is 0. The molecule has 0 bridgehead atoms. The Balaban J connectivity index is 2.23. The van der Waals surface area contributed by atoms with Crippen molar-refractivity contribution in [1.82, 2.24) is 5.32 Å². The van der Waals surface area contributed by atoms with Gasteiger partial charge in [0.05, 0.1) is 0 Å². The number of hydrogen-bond donors (Lipinski definition) is 1. The number of rotatable bonds is 1. The zero-order chi connectivity index (χ0) is 6.69. The van der Waals surface area contributed by atoms with Gasteiger partial charge < -0.3 is 5.32 Å². The van der Waals surface area contributed by atoms with Crippen LogP contribution in [-0.4, -0.2) is 19.3 Å². The molecule has 9 heavy (non-hydrogen) atoms. The molecule has 0 radical (unpaired) electrons. The number of hydrogen-bond acceptors (Lipinski definition) is 1. The van der Waals surface area contributed by atoms with Crippen molar-refractivity contribution >= 4 is 0 Å². The van der Waals surface area contributed by atoms with Gasteiger partial charge in [0.25, 0.3) is 0 Å². The SMILES string of the molecule is CNC1CCCC(F)C1. The molecule has 0 heterocycles. The minimum atomic E-state index is -0.545. The maximum Gasteiger partial charge on any atom is 0.102 e. The molecule has 1 rings (SSSR count). The Hall–Kier alpha value is -0.110. The predicted molar refractivity (Wildman–Crippen MR) is 36.2 cm³/mol. The van der Waals surface area contributed by atoms with Crippen LogP contribution in [0.15, 0.2) is 0 Å². The lowest BCUT2D eigenvalue weighted by molar-refractivity contribution is 0.218. The standard InChI is InChI=1S/C7H14FN/c1-9-7-4-2-3-6(8)5-7/h6-7,9H,2-5H2,1H3. The minimum Gasteiger partial charge on any atom is -0.317 e. The summed E-state index contributed by atoms with van der Waals surface area (Å²) in [6.07, 6.45) is 3.15. The first kappa shape index (κ1) is 7.00. The minimum absolute atomic E-state index is 0.439. The molecule has 0 saturated heterocycles. The average molecular weight is 131 g/mol. The van der Waals surface area contributed by atoms with Gasteiger partial charge in [-0.2, -0.15) is 0 Å². The van der Waals surface area contributed by atoms with Crippen molar-refractivity contribution in [1.29, 1.82) is 0 Å². The summed E-state index contributed by atoms with van der Waals surface area (Å²) in [6, 6.07) is 0.439. The van der Waals surface area contributed by atoms with Gasteiger partial charge in [-0.3, -0.25) is 0 Å². The highest BCUT2D eigenvalue weighted by Crippen LogP contribution is 2.20. The molecule has 54 valence electrons. The highest BCUT2D eigenvalue weighted by molar-refractivity contribution is 4.75. The highest BCUT2D eigenvalue weighted by atomic mass is 19.1. The summed E-state index contributed by atoms with van der Waals surface area (Å²) in [5.41, 5.74) is 0. The molecule has 0 amide bonds. The van der Waals surface area contributed by atoms with E-state index in [0.717, 1.165) is 25.7 Å². The first-order valence-electron chi connectivity index (χ1n) is 3.64. The summed E-state index contributed by atoms with van der Waals surface area (Å²) in [6.45, 7) is 0. The van der Waals surface area contributed by atoms with Crippen LogP contribution >= 0.6 is 0 Å². The second-order valence-corrected chi connectivity index (χ2v) is 2.75. The van der Waals surface area contributed by atoms with Crippen molar-refractivity contribution in [2.75, 3.05) is 7.05 Å². The third-order valence-corrected chi connectivity index (χ3v) is 2.02. The molecule has 2 unspecified atom stereocenters. The normalized spacial score (nSPS) is 36.7. The van der Waals surface area contributed by atoms with E-state index in [1.54, 1.807) is 0 Å². The fourth-order valence-corrected chi connectivity index (χ4v) is 1.39. The molecule has 0 aromatic carbocycles. The molecule has 1 nitrogen and oxygen atoms in total. The van der Waals surface area contributed by atoms with Crippen molar-refractivity contribution < 1.29 is 4.39 Å². The summed E-state index contributed by atoms with van der Waals surface area (Å²) >= 11 is 0. The quantitative estimate of drug-likeness (QED) is 0.568. The summed E-state index contributed by atoms with van der Waals surface area (Å²) < 4.78 is 12.6. The van der Waals surface area contributed by atoms with Crippen molar-refractivity contribution in [2.45, 2.75) is 37.9 Å². The molecule has 1 saturated carbocycles. The fraction of sp³-hybridized carbons (Fsp3) is 1.00. The van der Waals surface area contributed by atoms with Crippen LogP contribution in [0.3, 0.4) is 0 Å². The van der Waals surface area contributed by atoms with Crippen LogP contribution in [0, 0.1) is 0 Å². The Morgan fingerprint density at radius 1 is 1.44 bits per heavy atom. The van der Waals surface area contributed by atoms with Crippen molar-refractivity contribution in [2.24, 2.45) is 0 Å². The first-order chi connectivity index (χ1) is 4.33. The van der Waals surface area contributed by atoms with Crippen LogP contribution in [0.1, 0.15) is 25.7 Å². The van der Waals surface area contributed by atoms with E-state index in [1.165, 1.54) is 0 Å². The third-order valence-electron chi connectivity index (χ3n) is 2.02. The zero-order valence-electron chi connectivity index (χ0n) is 5.86. The van der Waals surface area contributed by atoms with E-state index >= 15 is 0 Å². The van der Waals surface area contributed by atoms with Crippen LogP contribution in [-0.2, 0) is 0 Å². The van der Waals surface area contributed by atoms with Gasteiger partial charge in [0.2, 0.25) is 0 Å².